The summed E-state index contributed by atoms with van der Waals surface area (Å²) in [6.45, 7) is 0.783. The van der Waals surface area contributed by atoms with Gasteiger partial charge in [0.2, 0.25) is 0 Å². The molecule has 0 saturated carbocycles. The molecule has 1 N–H and O–H groups in total. The Kier molecular flexibility index (Phi) is 5.27. The van der Waals surface area contributed by atoms with Crippen molar-refractivity contribution in [2.45, 2.75) is 17.7 Å². The van der Waals surface area contributed by atoms with Gasteiger partial charge in [0.15, 0.2) is 0 Å². The average molecular weight is 425 g/mol. The predicted octanol–water partition coefficient (Wildman–Crippen LogP) is 1.73. The molecule has 0 spiro atoms. The Balaban J connectivity index is 1.60. The normalized spacial score (nSPS) is 15.5. The number of amides is 1. The largest absolute Gasteiger partial charge is 0.362 e. The first-order valence-electron chi connectivity index (χ1n) is 9.23. The van der Waals surface area contributed by atoms with Crippen LogP contribution >= 0.6 is 0 Å². The van der Waals surface area contributed by atoms with Gasteiger partial charge >= 0.3 is 0 Å². The molecule has 11 heteroatoms. The minimum atomic E-state index is -3.88. The predicted molar refractivity (Wildman–Crippen MR) is 110 cm³/mol. The van der Waals surface area contributed by atoms with Crippen molar-refractivity contribution in [1.29, 1.82) is 0 Å². The first-order valence-corrected chi connectivity index (χ1v) is 10.7. The minimum absolute atomic E-state index is 0.0156. The van der Waals surface area contributed by atoms with E-state index in [0.717, 1.165) is 13.0 Å². The van der Waals surface area contributed by atoms with Crippen LogP contribution in [0.25, 0.3) is 5.69 Å². The highest BCUT2D eigenvalue weighted by molar-refractivity contribution is 7.90. The van der Waals surface area contributed by atoms with E-state index in [4.69, 9.17) is 0 Å². The van der Waals surface area contributed by atoms with Gasteiger partial charge in [-0.25, -0.2) is 0 Å². The summed E-state index contributed by atoms with van der Waals surface area (Å²) in [6, 6.07) is 12.9. The summed E-state index contributed by atoms with van der Waals surface area (Å²) in [4.78, 5) is 14.7. The maximum Gasteiger partial charge on any atom is 0.284 e. The van der Waals surface area contributed by atoms with Gasteiger partial charge in [0, 0.05) is 25.7 Å². The Morgan fingerprint density at radius 3 is 2.73 bits per heavy atom. The molecule has 10 nitrogen and oxygen atoms in total. The lowest BCUT2D eigenvalue weighted by Crippen LogP contribution is -2.20. The molecule has 0 aliphatic carbocycles. The first kappa shape index (κ1) is 19.7. The standard InChI is InChI=1S/C19H19N7O3S/c1-25-11-5-10-18(25)22-30(28,29)15-7-4-6-14(12-15)21-19(27)16-8-2-3-9-17(16)26-13-20-23-24-26/h2-4,6-9,12-13H,5,10-11H2,1H3,(H,21,27)/b22-18+. The maximum atomic E-state index is 12.8. The van der Waals surface area contributed by atoms with Gasteiger partial charge in [-0.1, -0.05) is 18.2 Å². The van der Waals surface area contributed by atoms with Gasteiger partial charge in [0.1, 0.15) is 12.2 Å². The number of likely N-dealkylation sites (tertiary alicyclic amines) is 1. The molecule has 1 saturated heterocycles. The van der Waals surface area contributed by atoms with Crippen LogP contribution in [0.3, 0.4) is 0 Å². The van der Waals surface area contributed by atoms with E-state index in [2.05, 4.69) is 25.2 Å². The summed E-state index contributed by atoms with van der Waals surface area (Å²) in [5, 5.41) is 13.7. The van der Waals surface area contributed by atoms with Gasteiger partial charge in [0.25, 0.3) is 15.9 Å². The molecule has 1 amide bonds. The molecule has 1 aliphatic heterocycles. The van der Waals surface area contributed by atoms with Crippen LogP contribution in [0.2, 0.25) is 0 Å². The summed E-state index contributed by atoms with van der Waals surface area (Å²) in [5.74, 6) is 0.122. The lowest BCUT2D eigenvalue weighted by atomic mass is 10.1. The van der Waals surface area contributed by atoms with Gasteiger partial charge in [-0.05, 0) is 47.2 Å². The van der Waals surface area contributed by atoms with Crippen LogP contribution in [0.4, 0.5) is 5.69 Å². The van der Waals surface area contributed by atoms with Gasteiger partial charge in [-0.2, -0.15) is 13.1 Å². The SMILES string of the molecule is CN1CCC/C1=N\S(=O)(=O)c1cccc(NC(=O)c2ccccc2-n2cnnn2)c1. The Morgan fingerprint density at radius 1 is 1.17 bits per heavy atom. The molecule has 0 bridgehead atoms. The van der Waals surface area contributed by atoms with Crippen molar-refractivity contribution in [3.05, 3.63) is 60.4 Å². The van der Waals surface area contributed by atoms with E-state index >= 15 is 0 Å². The molecule has 1 aromatic heterocycles. The number of sulfonamides is 1. The molecule has 30 heavy (non-hydrogen) atoms. The molecule has 2 heterocycles. The van der Waals surface area contributed by atoms with E-state index in [1.807, 2.05) is 11.9 Å². The highest BCUT2D eigenvalue weighted by Gasteiger charge is 2.21. The van der Waals surface area contributed by atoms with Crippen molar-refractivity contribution in [2.75, 3.05) is 18.9 Å². The van der Waals surface area contributed by atoms with E-state index in [9.17, 15) is 13.2 Å². The monoisotopic (exact) mass is 425 g/mol. The number of para-hydroxylation sites is 1. The number of carbonyl (C=O) groups excluding carboxylic acids is 1. The molecule has 4 rings (SSSR count). The second kappa shape index (κ2) is 8.03. The lowest BCUT2D eigenvalue weighted by molar-refractivity contribution is 0.102. The van der Waals surface area contributed by atoms with Gasteiger partial charge in [-0.15, -0.1) is 9.50 Å². The highest BCUT2D eigenvalue weighted by atomic mass is 32.2. The van der Waals surface area contributed by atoms with Crippen LogP contribution in [0.5, 0.6) is 0 Å². The molecule has 0 atom stereocenters. The van der Waals surface area contributed by atoms with E-state index in [1.165, 1.54) is 23.1 Å². The number of carbonyl (C=O) groups is 1. The van der Waals surface area contributed by atoms with Gasteiger partial charge in [0.05, 0.1) is 16.1 Å². The number of aromatic nitrogens is 4. The molecule has 1 fully saturated rings. The molecule has 154 valence electrons. The third-order valence-corrected chi connectivity index (χ3v) is 6.00. The Morgan fingerprint density at radius 2 is 2.00 bits per heavy atom. The van der Waals surface area contributed by atoms with Crippen LogP contribution in [0.15, 0.2) is 64.2 Å². The number of nitrogens with one attached hydrogen (secondary N) is 1. The van der Waals surface area contributed by atoms with Gasteiger partial charge < -0.3 is 10.2 Å². The van der Waals surface area contributed by atoms with Crippen molar-refractivity contribution < 1.29 is 13.2 Å². The Labute approximate surface area is 173 Å². The van der Waals surface area contributed by atoms with Crippen LogP contribution in [-0.2, 0) is 10.0 Å². The van der Waals surface area contributed by atoms with Crippen molar-refractivity contribution in [3.63, 3.8) is 0 Å². The number of anilines is 1. The smallest absolute Gasteiger partial charge is 0.284 e. The highest BCUT2D eigenvalue weighted by Crippen LogP contribution is 2.21. The van der Waals surface area contributed by atoms with E-state index < -0.39 is 15.9 Å². The third kappa shape index (κ3) is 4.06. The third-order valence-electron chi connectivity index (χ3n) is 4.69. The van der Waals surface area contributed by atoms with Crippen LogP contribution in [0.1, 0.15) is 23.2 Å². The number of benzene rings is 2. The fourth-order valence-electron chi connectivity index (χ4n) is 3.17. The molecule has 1 aliphatic rings. The van der Waals surface area contributed by atoms with Crippen LogP contribution in [-0.4, -0.2) is 58.9 Å². The average Bonchev–Trinajstić information content (AvgIpc) is 3.40. The molecule has 2 aromatic carbocycles. The van der Waals surface area contributed by atoms with Crippen molar-refractivity contribution in [3.8, 4) is 5.69 Å². The van der Waals surface area contributed by atoms with E-state index in [0.29, 0.717) is 29.2 Å². The topological polar surface area (TPSA) is 122 Å². The Bertz CT molecular complexity index is 1210. The minimum Gasteiger partial charge on any atom is -0.362 e. The number of amidine groups is 1. The Hall–Kier alpha value is -3.60. The second-order valence-electron chi connectivity index (χ2n) is 6.76. The molecule has 0 radical (unpaired) electrons. The zero-order valence-electron chi connectivity index (χ0n) is 16.1. The maximum absolute atomic E-state index is 12.8. The van der Waals surface area contributed by atoms with E-state index in [1.54, 1.807) is 36.4 Å². The van der Waals surface area contributed by atoms with Crippen molar-refractivity contribution in [2.24, 2.45) is 4.40 Å². The second-order valence-corrected chi connectivity index (χ2v) is 8.37. The summed E-state index contributed by atoms with van der Waals surface area (Å²) in [5.41, 5.74) is 1.18. The molecular weight excluding hydrogens is 406 g/mol. The zero-order chi connectivity index (χ0) is 21.1. The van der Waals surface area contributed by atoms with Crippen molar-refractivity contribution in [1.82, 2.24) is 25.1 Å². The zero-order valence-corrected chi connectivity index (χ0v) is 17.0. The quantitative estimate of drug-likeness (QED) is 0.660. The van der Waals surface area contributed by atoms with Crippen LogP contribution < -0.4 is 5.32 Å². The molecule has 3 aromatic rings. The number of rotatable bonds is 5. The lowest BCUT2D eigenvalue weighted by Gasteiger charge is -2.12. The van der Waals surface area contributed by atoms with Crippen molar-refractivity contribution >= 4 is 27.5 Å². The molecular formula is C19H19N7O3S. The number of tetrazole rings is 1. The first-order chi connectivity index (χ1) is 14.4. The summed E-state index contributed by atoms with van der Waals surface area (Å²) >= 11 is 0. The number of hydrogen-bond acceptors (Lipinski definition) is 6. The number of hydrogen-bond donors (Lipinski definition) is 1. The van der Waals surface area contributed by atoms with Crippen LogP contribution in [0, 0.1) is 0 Å². The molecule has 0 unspecified atom stereocenters. The van der Waals surface area contributed by atoms with E-state index in [-0.39, 0.29) is 4.90 Å². The fraction of sp³-hybridized carbons (Fsp3) is 0.211. The van der Waals surface area contributed by atoms with Gasteiger partial charge in [-0.3, -0.25) is 4.79 Å². The summed E-state index contributed by atoms with van der Waals surface area (Å²) in [6.07, 6.45) is 2.89. The number of nitrogens with zero attached hydrogens (tertiary/aromatic N) is 6. The summed E-state index contributed by atoms with van der Waals surface area (Å²) < 4.78 is 30.7. The fourth-order valence-corrected chi connectivity index (χ4v) is 4.31. The summed E-state index contributed by atoms with van der Waals surface area (Å²) in [7, 11) is -2.06.